The van der Waals surface area contributed by atoms with E-state index in [1.165, 1.54) is 0 Å². The van der Waals surface area contributed by atoms with Gasteiger partial charge in [-0.1, -0.05) is 37.1 Å². The molecule has 0 unspecified atom stereocenters. The lowest BCUT2D eigenvalue weighted by Crippen LogP contribution is -2.40. The summed E-state index contributed by atoms with van der Waals surface area (Å²) >= 11 is 0. The summed E-state index contributed by atoms with van der Waals surface area (Å²) in [5.41, 5.74) is 6.16. The molecule has 4 heteroatoms. The summed E-state index contributed by atoms with van der Waals surface area (Å²) in [5.74, 6) is -0.224. The molecule has 0 heterocycles. The lowest BCUT2D eigenvalue weighted by Gasteiger charge is -2.22. The maximum atomic E-state index is 12.3. The monoisotopic (exact) mass is 284 g/mol. The van der Waals surface area contributed by atoms with Crippen LogP contribution in [0, 0.1) is 0 Å². The number of hydrogen-bond acceptors (Lipinski definition) is 3. The van der Waals surface area contributed by atoms with Gasteiger partial charge in [-0.3, -0.25) is 4.79 Å². The molecule has 0 bridgehead atoms. The van der Waals surface area contributed by atoms with Crippen molar-refractivity contribution in [3.8, 4) is 0 Å². The standard InChI is InChI=1S/C17H20N2O2/c18-15-10-13-6-2-1-5-12(13)9-14(15)16(20)19-11-17(21)7-3-4-8-17/h1-2,5-6,9-10,21H,3-4,7-8,11,18H2,(H,19,20). The number of hydrogen-bond donors (Lipinski definition) is 3. The average Bonchev–Trinajstić information content (AvgIpc) is 2.91. The summed E-state index contributed by atoms with van der Waals surface area (Å²) in [6, 6.07) is 11.4. The molecule has 0 aromatic heterocycles. The lowest BCUT2D eigenvalue weighted by molar-refractivity contribution is 0.0450. The molecule has 110 valence electrons. The van der Waals surface area contributed by atoms with E-state index in [1.54, 1.807) is 6.07 Å². The van der Waals surface area contributed by atoms with Crippen molar-refractivity contribution in [1.29, 1.82) is 0 Å². The maximum Gasteiger partial charge on any atom is 0.253 e. The van der Waals surface area contributed by atoms with Gasteiger partial charge in [-0.25, -0.2) is 0 Å². The molecular weight excluding hydrogens is 264 g/mol. The molecule has 1 amide bonds. The Kier molecular flexibility index (Phi) is 3.55. The molecule has 4 nitrogen and oxygen atoms in total. The zero-order valence-electron chi connectivity index (χ0n) is 11.9. The molecule has 0 radical (unpaired) electrons. The Morgan fingerprint density at radius 3 is 2.48 bits per heavy atom. The van der Waals surface area contributed by atoms with Crippen LogP contribution in [0.3, 0.4) is 0 Å². The normalized spacial score (nSPS) is 17.0. The van der Waals surface area contributed by atoms with Gasteiger partial charge in [0.15, 0.2) is 0 Å². The van der Waals surface area contributed by atoms with E-state index < -0.39 is 5.60 Å². The van der Waals surface area contributed by atoms with Crippen molar-refractivity contribution >= 4 is 22.4 Å². The van der Waals surface area contributed by atoms with Crippen LogP contribution in [-0.4, -0.2) is 23.2 Å². The van der Waals surface area contributed by atoms with Crippen LogP contribution in [-0.2, 0) is 0 Å². The van der Waals surface area contributed by atoms with E-state index in [1.807, 2.05) is 30.3 Å². The molecule has 0 saturated heterocycles. The molecule has 0 spiro atoms. The summed E-state index contributed by atoms with van der Waals surface area (Å²) in [4.78, 5) is 12.3. The lowest BCUT2D eigenvalue weighted by atomic mass is 10.0. The minimum absolute atomic E-state index is 0.224. The Labute approximate surface area is 124 Å². The number of nitrogens with two attached hydrogens (primary N) is 1. The van der Waals surface area contributed by atoms with Crippen molar-refractivity contribution in [3.05, 3.63) is 42.0 Å². The third kappa shape index (κ3) is 2.85. The zero-order valence-corrected chi connectivity index (χ0v) is 11.9. The second-order valence-corrected chi connectivity index (χ2v) is 5.90. The molecule has 2 aromatic rings. The summed E-state index contributed by atoms with van der Waals surface area (Å²) < 4.78 is 0. The average molecular weight is 284 g/mol. The van der Waals surface area contributed by atoms with E-state index in [9.17, 15) is 9.90 Å². The third-order valence-electron chi connectivity index (χ3n) is 4.27. The number of anilines is 1. The first kappa shape index (κ1) is 13.9. The number of carbonyl (C=O) groups excluding carboxylic acids is 1. The summed E-state index contributed by atoms with van der Waals surface area (Å²) in [5, 5.41) is 15.1. The van der Waals surface area contributed by atoms with Crippen molar-refractivity contribution in [2.24, 2.45) is 0 Å². The van der Waals surface area contributed by atoms with Crippen LogP contribution in [0.15, 0.2) is 36.4 Å². The van der Waals surface area contributed by atoms with E-state index >= 15 is 0 Å². The molecule has 1 fully saturated rings. The Balaban J connectivity index is 1.79. The Morgan fingerprint density at radius 1 is 1.19 bits per heavy atom. The van der Waals surface area contributed by atoms with Gasteiger partial charge in [0, 0.05) is 12.2 Å². The number of nitrogen functional groups attached to an aromatic ring is 1. The second-order valence-electron chi connectivity index (χ2n) is 5.90. The molecule has 0 aliphatic heterocycles. The number of nitrogens with one attached hydrogen (secondary N) is 1. The number of benzene rings is 2. The summed E-state index contributed by atoms with van der Waals surface area (Å²) in [6.07, 6.45) is 3.54. The van der Waals surface area contributed by atoms with Gasteiger partial charge in [-0.15, -0.1) is 0 Å². The highest BCUT2D eigenvalue weighted by Crippen LogP contribution is 2.29. The number of rotatable bonds is 3. The molecule has 2 aromatic carbocycles. The van der Waals surface area contributed by atoms with Crippen LogP contribution in [0.5, 0.6) is 0 Å². The van der Waals surface area contributed by atoms with Gasteiger partial charge in [0.1, 0.15) is 0 Å². The first-order valence-electron chi connectivity index (χ1n) is 7.36. The van der Waals surface area contributed by atoms with E-state index in [0.717, 1.165) is 36.5 Å². The van der Waals surface area contributed by atoms with Gasteiger partial charge in [0.25, 0.3) is 5.91 Å². The van der Waals surface area contributed by atoms with Crippen molar-refractivity contribution in [1.82, 2.24) is 5.32 Å². The molecule has 1 aliphatic carbocycles. The first-order chi connectivity index (χ1) is 10.1. The van der Waals surface area contributed by atoms with Gasteiger partial charge in [0.05, 0.1) is 11.2 Å². The van der Waals surface area contributed by atoms with Crippen LogP contribution >= 0.6 is 0 Å². The van der Waals surface area contributed by atoms with Gasteiger partial charge >= 0.3 is 0 Å². The molecule has 4 N–H and O–H groups in total. The highest BCUT2D eigenvalue weighted by molar-refractivity contribution is 6.03. The maximum absolute atomic E-state index is 12.3. The number of fused-ring (bicyclic) bond motifs is 1. The zero-order chi connectivity index (χ0) is 14.9. The SMILES string of the molecule is Nc1cc2ccccc2cc1C(=O)NCC1(O)CCCC1. The molecule has 21 heavy (non-hydrogen) atoms. The van der Waals surface area contributed by atoms with Gasteiger partial charge in [0.2, 0.25) is 0 Å². The van der Waals surface area contributed by atoms with Crippen molar-refractivity contribution in [2.45, 2.75) is 31.3 Å². The number of aliphatic hydroxyl groups is 1. The van der Waals surface area contributed by atoms with Gasteiger partial charge < -0.3 is 16.2 Å². The highest BCUT2D eigenvalue weighted by Gasteiger charge is 2.31. The van der Waals surface area contributed by atoms with Crippen LogP contribution < -0.4 is 11.1 Å². The van der Waals surface area contributed by atoms with Crippen LogP contribution in [0.2, 0.25) is 0 Å². The van der Waals surface area contributed by atoms with Crippen molar-refractivity contribution < 1.29 is 9.90 Å². The Morgan fingerprint density at radius 2 is 1.81 bits per heavy atom. The van der Waals surface area contributed by atoms with Crippen molar-refractivity contribution in [3.63, 3.8) is 0 Å². The quantitative estimate of drug-likeness (QED) is 0.758. The molecular formula is C17H20N2O2. The second kappa shape index (κ2) is 5.37. The minimum Gasteiger partial charge on any atom is -0.398 e. The summed E-state index contributed by atoms with van der Waals surface area (Å²) in [7, 11) is 0. The molecule has 1 aliphatic rings. The van der Waals surface area contributed by atoms with Crippen molar-refractivity contribution in [2.75, 3.05) is 12.3 Å². The minimum atomic E-state index is -0.749. The fourth-order valence-corrected chi connectivity index (χ4v) is 3.00. The van der Waals surface area contributed by atoms with E-state index in [-0.39, 0.29) is 12.5 Å². The third-order valence-corrected chi connectivity index (χ3v) is 4.27. The Bertz CT molecular complexity index is 676. The predicted octanol–water partition coefficient (Wildman–Crippen LogP) is 2.46. The number of carbonyl (C=O) groups is 1. The molecule has 0 atom stereocenters. The molecule has 1 saturated carbocycles. The van der Waals surface area contributed by atoms with Crippen LogP contribution in [0.25, 0.3) is 10.8 Å². The topological polar surface area (TPSA) is 75.4 Å². The Hall–Kier alpha value is -2.07. The molecule has 3 rings (SSSR count). The summed E-state index contributed by atoms with van der Waals surface area (Å²) in [6.45, 7) is 0.290. The van der Waals surface area contributed by atoms with E-state index in [4.69, 9.17) is 5.73 Å². The fraction of sp³-hybridized carbons (Fsp3) is 0.353. The van der Waals surface area contributed by atoms with E-state index in [2.05, 4.69) is 5.32 Å². The highest BCUT2D eigenvalue weighted by atomic mass is 16.3. The number of amides is 1. The fourth-order valence-electron chi connectivity index (χ4n) is 3.00. The predicted molar refractivity (Wildman–Crippen MR) is 84.1 cm³/mol. The van der Waals surface area contributed by atoms with Crippen LogP contribution in [0.1, 0.15) is 36.0 Å². The first-order valence-corrected chi connectivity index (χ1v) is 7.36. The largest absolute Gasteiger partial charge is 0.398 e. The smallest absolute Gasteiger partial charge is 0.253 e. The van der Waals surface area contributed by atoms with E-state index in [0.29, 0.717) is 11.3 Å². The van der Waals surface area contributed by atoms with Gasteiger partial charge in [-0.2, -0.15) is 0 Å². The van der Waals surface area contributed by atoms with Gasteiger partial charge in [-0.05, 0) is 35.7 Å². The van der Waals surface area contributed by atoms with Crippen LogP contribution in [0.4, 0.5) is 5.69 Å².